The fourth-order valence-electron chi connectivity index (χ4n) is 2.79. The van der Waals surface area contributed by atoms with Crippen LogP contribution in [0.4, 0.5) is 0 Å². The van der Waals surface area contributed by atoms with Gasteiger partial charge in [0.05, 0.1) is 6.20 Å². The zero-order valence-corrected chi connectivity index (χ0v) is 16.5. The number of nitrogens with zero attached hydrogens (tertiary/aromatic N) is 3. The van der Waals surface area contributed by atoms with E-state index in [0.717, 1.165) is 11.1 Å². The monoisotopic (exact) mass is 364 g/mol. The van der Waals surface area contributed by atoms with Gasteiger partial charge in [-0.15, -0.1) is 12.4 Å². The van der Waals surface area contributed by atoms with E-state index in [1.54, 1.807) is 10.9 Å². The molecule has 138 valence electrons. The van der Waals surface area contributed by atoms with Gasteiger partial charge in [0.25, 0.3) is 0 Å². The van der Waals surface area contributed by atoms with Gasteiger partial charge in [-0.25, -0.2) is 0 Å². The molecule has 0 fully saturated rings. The van der Waals surface area contributed by atoms with E-state index in [2.05, 4.69) is 43.3 Å². The summed E-state index contributed by atoms with van der Waals surface area (Å²) in [6.07, 6.45) is 3.63. The third-order valence-corrected chi connectivity index (χ3v) is 3.79. The Labute approximate surface area is 156 Å². The minimum absolute atomic E-state index is 0. The topological polar surface area (TPSA) is 50.2 Å². The highest BCUT2D eigenvalue weighted by atomic mass is 35.5. The molecule has 0 radical (unpaired) electrons. The molecule has 0 saturated carbocycles. The van der Waals surface area contributed by atoms with Gasteiger partial charge < -0.3 is 10.2 Å². The van der Waals surface area contributed by atoms with Gasteiger partial charge in [0.2, 0.25) is 5.91 Å². The Bertz CT molecular complexity index is 664. The summed E-state index contributed by atoms with van der Waals surface area (Å²) in [6.45, 7) is 7.75. The first kappa shape index (κ1) is 21.2. The first-order chi connectivity index (χ1) is 11.3. The van der Waals surface area contributed by atoms with Gasteiger partial charge in [0.15, 0.2) is 0 Å². The molecule has 0 aliphatic heterocycles. The number of hydrogen-bond acceptors (Lipinski definition) is 3. The summed E-state index contributed by atoms with van der Waals surface area (Å²) < 4.78 is 1.72. The smallest absolute Gasteiger partial charge is 0.244 e. The maximum absolute atomic E-state index is 13.2. The molecule has 2 rings (SSSR count). The Morgan fingerprint density at radius 3 is 2.40 bits per heavy atom. The second-order valence-electron chi connectivity index (χ2n) is 7.41. The van der Waals surface area contributed by atoms with Gasteiger partial charge in [-0.1, -0.05) is 51.1 Å². The van der Waals surface area contributed by atoms with Gasteiger partial charge >= 0.3 is 0 Å². The lowest BCUT2D eigenvalue weighted by atomic mass is 9.95. The maximum atomic E-state index is 13.2. The van der Waals surface area contributed by atoms with Crippen LogP contribution < -0.4 is 5.32 Å². The summed E-state index contributed by atoms with van der Waals surface area (Å²) >= 11 is 0. The third-order valence-electron chi connectivity index (χ3n) is 3.79. The van der Waals surface area contributed by atoms with Gasteiger partial charge in [-0.3, -0.25) is 9.48 Å². The SMILES string of the molecule is CNC(C(=O)N(Cc1ccccc1)CC(C)(C)C)c1cnn(C)c1.Cl. The van der Waals surface area contributed by atoms with E-state index < -0.39 is 0 Å². The number of halogens is 1. The van der Waals surface area contributed by atoms with E-state index in [1.807, 2.05) is 43.4 Å². The lowest BCUT2D eigenvalue weighted by Gasteiger charge is -2.32. The summed E-state index contributed by atoms with van der Waals surface area (Å²) in [5.41, 5.74) is 2.05. The van der Waals surface area contributed by atoms with Crippen LogP contribution in [0.15, 0.2) is 42.7 Å². The molecule has 1 N–H and O–H groups in total. The molecule has 1 heterocycles. The van der Waals surface area contributed by atoms with Crippen LogP contribution in [0.2, 0.25) is 0 Å². The van der Waals surface area contributed by atoms with Gasteiger partial charge in [-0.2, -0.15) is 5.10 Å². The van der Waals surface area contributed by atoms with E-state index in [0.29, 0.717) is 13.1 Å². The molecule has 5 nitrogen and oxygen atoms in total. The number of benzene rings is 1. The van der Waals surface area contributed by atoms with Crippen LogP contribution in [-0.2, 0) is 18.4 Å². The highest BCUT2D eigenvalue weighted by Gasteiger charge is 2.28. The molecule has 1 amide bonds. The molecule has 2 aromatic rings. The fraction of sp³-hybridized carbons (Fsp3) is 0.474. The van der Waals surface area contributed by atoms with Crippen molar-refractivity contribution in [2.24, 2.45) is 12.5 Å². The number of likely N-dealkylation sites (N-methyl/N-ethyl adjacent to an activating group) is 1. The van der Waals surface area contributed by atoms with Gasteiger partial charge in [0.1, 0.15) is 6.04 Å². The minimum atomic E-state index is -0.384. The fourth-order valence-corrected chi connectivity index (χ4v) is 2.79. The number of nitrogens with one attached hydrogen (secondary N) is 1. The van der Waals surface area contributed by atoms with Crippen LogP contribution in [0.1, 0.15) is 37.9 Å². The van der Waals surface area contributed by atoms with Crippen LogP contribution in [0.3, 0.4) is 0 Å². The molecule has 0 aliphatic rings. The van der Waals surface area contributed by atoms with Gasteiger partial charge in [0, 0.05) is 31.9 Å². The van der Waals surface area contributed by atoms with E-state index >= 15 is 0 Å². The number of aryl methyl sites for hydroxylation is 1. The second kappa shape index (κ2) is 9.02. The molecule has 0 saturated heterocycles. The molecule has 1 aromatic carbocycles. The Morgan fingerprint density at radius 2 is 1.92 bits per heavy atom. The Morgan fingerprint density at radius 1 is 1.28 bits per heavy atom. The number of carbonyl (C=O) groups excluding carboxylic acids is 1. The standard InChI is InChI=1S/C19H28N4O.ClH/c1-19(2,3)14-23(12-15-9-7-6-8-10-15)18(24)17(20-4)16-11-21-22(5)13-16;/h6-11,13,17,20H,12,14H2,1-5H3;1H. The maximum Gasteiger partial charge on any atom is 0.244 e. The zero-order valence-electron chi connectivity index (χ0n) is 15.7. The van der Waals surface area contributed by atoms with E-state index in [9.17, 15) is 4.79 Å². The Balaban J connectivity index is 0.00000312. The Hall–Kier alpha value is -1.85. The lowest BCUT2D eigenvalue weighted by Crippen LogP contribution is -2.43. The average molecular weight is 365 g/mol. The summed E-state index contributed by atoms with van der Waals surface area (Å²) in [7, 11) is 3.67. The minimum Gasteiger partial charge on any atom is -0.336 e. The first-order valence-electron chi connectivity index (χ1n) is 8.28. The normalized spacial score (nSPS) is 12.4. The van der Waals surface area contributed by atoms with E-state index in [1.165, 1.54) is 0 Å². The highest BCUT2D eigenvalue weighted by molar-refractivity contribution is 5.85. The molecule has 6 heteroatoms. The van der Waals surface area contributed by atoms with Crippen molar-refractivity contribution in [3.05, 3.63) is 53.9 Å². The highest BCUT2D eigenvalue weighted by Crippen LogP contribution is 2.22. The quantitative estimate of drug-likeness (QED) is 0.856. The average Bonchev–Trinajstić information content (AvgIpc) is 2.93. The molecule has 0 aliphatic carbocycles. The van der Waals surface area contributed by atoms with Crippen molar-refractivity contribution in [1.82, 2.24) is 20.0 Å². The predicted octanol–water partition coefficient (Wildman–Crippen LogP) is 3.18. The molecule has 25 heavy (non-hydrogen) atoms. The summed E-state index contributed by atoms with van der Waals surface area (Å²) in [6, 6.07) is 9.73. The number of carbonyl (C=O) groups is 1. The summed E-state index contributed by atoms with van der Waals surface area (Å²) in [5.74, 6) is 0.0734. The third kappa shape index (κ3) is 6.18. The van der Waals surface area contributed by atoms with Crippen LogP contribution in [0, 0.1) is 5.41 Å². The predicted molar refractivity (Wildman–Crippen MR) is 104 cm³/mol. The van der Waals surface area contributed by atoms with Crippen molar-refractivity contribution >= 4 is 18.3 Å². The van der Waals surface area contributed by atoms with E-state index in [-0.39, 0.29) is 29.8 Å². The van der Waals surface area contributed by atoms with E-state index in [4.69, 9.17) is 0 Å². The van der Waals surface area contributed by atoms with Crippen LogP contribution in [0.5, 0.6) is 0 Å². The van der Waals surface area contributed by atoms with Crippen molar-refractivity contribution in [2.75, 3.05) is 13.6 Å². The largest absolute Gasteiger partial charge is 0.336 e. The lowest BCUT2D eigenvalue weighted by molar-refractivity contribution is -0.135. The van der Waals surface area contributed by atoms with Crippen molar-refractivity contribution in [3.8, 4) is 0 Å². The van der Waals surface area contributed by atoms with Crippen molar-refractivity contribution < 1.29 is 4.79 Å². The number of amides is 1. The second-order valence-corrected chi connectivity index (χ2v) is 7.41. The number of rotatable bonds is 6. The number of aromatic nitrogens is 2. The molecular formula is C19H29ClN4O. The van der Waals surface area contributed by atoms with Crippen molar-refractivity contribution in [1.29, 1.82) is 0 Å². The summed E-state index contributed by atoms with van der Waals surface area (Å²) in [5, 5.41) is 7.33. The van der Waals surface area contributed by atoms with Gasteiger partial charge in [-0.05, 0) is 18.0 Å². The zero-order chi connectivity index (χ0) is 17.7. The molecule has 0 spiro atoms. The molecule has 0 bridgehead atoms. The Kier molecular flexibility index (Phi) is 7.64. The van der Waals surface area contributed by atoms with Crippen LogP contribution in [-0.4, -0.2) is 34.2 Å². The van der Waals surface area contributed by atoms with Crippen molar-refractivity contribution in [3.63, 3.8) is 0 Å². The van der Waals surface area contributed by atoms with Crippen LogP contribution >= 0.6 is 12.4 Å². The van der Waals surface area contributed by atoms with Crippen LogP contribution in [0.25, 0.3) is 0 Å². The first-order valence-corrected chi connectivity index (χ1v) is 8.28. The number of hydrogen-bond donors (Lipinski definition) is 1. The molecule has 1 atom stereocenters. The summed E-state index contributed by atoms with van der Waals surface area (Å²) in [4.78, 5) is 15.1. The van der Waals surface area contributed by atoms with Crippen molar-refractivity contribution in [2.45, 2.75) is 33.4 Å². The molecular weight excluding hydrogens is 336 g/mol. The molecule has 1 aromatic heterocycles. The molecule has 1 unspecified atom stereocenters.